The van der Waals surface area contributed by atoms with Crippen LogP contribution in [0.3, 0.4) is 0 Å². The van der Waals surface area contributed by atoms with Gasteiger partial charge < -0.3 is 55.1 Å². The van der Waals surface area contributed by atoms with Crippen LogP contribution >= 0.6 is 0 Å². The first-order chi connectivity index (χ1) is 30.1. The minimum absolute atomic E-state index is 0.0606. The number of phenols is 2. The van der Waals surface area contributed by atoms with E-state index in [-0.39, 0.29) is 48.1 Å². The van der Waals surface area contributed by atoms with E-state index in [1.54, 1.807) is 45.0 Å². The molecule has 2 aromatic carbocycles. The fourth-order valence-corrected chi connectivity index (χ4v) is 13.4. The molecule has 0 aromatic heterocycles. The summed E-state index contributed by atoms with van der Waals surface area (Å²) in [5, 5.41) is 93.3. The first-order valence-electron chi connectivity index (χ1n) is 22.1. The van der Waals surface area contributed by atoms with Crippen molar-refractivity contribution in [3.05, 3.63) is 65.2 Å². The number of esters is 1. The lowest BCUT2D eigenvalue weighted by Crippen LogP contribution is -2.85. The zero-order valence-electron chi connectivity index (χ0n) is 37.4. The van der Waals surface area contributed by atoms with Gasteiger partial charge in [0.1, 0.15) is 39.7 Å². The summed E-state index contributed by atoms with van der Waals surface area (Å²) in [7, 11) is -3.20. The minimum atomic E-state index is -4.67. The number of aliphatic hydroxyl groups excluding tert-OH is 1. The molecule has 9 rings (SSSR count). The third-order valence-corrected chi connectivity index (χ3v) is 16.7. The predicted molar refractivity (Wildman–Crippen MR) is 230 cm³/mol. The van der Waals surface area contributed by atoms with E-state index in [4.69, 9.17) is 31.7 Å². The number of piperidine rings is 2. The van der Waals surface area contributed by atoms with Crippen LogP contribution in [0.1, 0.15) is 102 Å². The van der Waals surface area contributed by atoms with Crippen molar-refractivity contribution < 1.29 is 82.2 Å². The van der Waals surface area contributed by atoms with Crippen molar-refractivity contribution in [3.8, 4) is 17.2 Å². The Balaban J connectivity index is 0.000000227. The first kappa shape index (κ1) is 49.2. The number of carbonyl (C=O) groups is 2. The molecule has 360 valence electrons. The second-order valence-electron chi connectivity index (χ2n) is 19.8. The normalized spacial score (nSPS) is 42.6. The molecule has 10 N–H and O–H groups in total. The van der Waals surface area contributed by atoms with E-state index in [1.807, 2.05) is 6.92 Å². The van der Waals surface area contributed by atoms with Crippen molar-refractivity contribution in [1.82, 2.24) is 4.90 Å². The molecule has 18 nitrogen and oxygen atoms in total. The van der Waals surface area contributed by atoms with Crippen LogP contribution in [-0.2, 0) is 24.7 Å². The molecular formula is C46H63NO17S. The van der Waals surface area contributed by atoms with E-state index < -0.39 is 91.3 Å². The maximum Gasteiger partial charge on any atom is 0.394 e. The maximum absolute atomic E-state index is 12.9. The number of aliphatic hydroxyl groups is 6. The number of fused-ring (bicyclic) bond motifs is 5. The van der Waals surface area contributed by atoms with Gasteiger partial charge in [-0.3, -0.25) is 18.8 Å². The predicted octanol–water partition coefficient (Wildman–Crippen LogP) is 2.68. The van der Waals surface area contributed by atoms with Gasteiger partial charge in [-0.15, -0.1) is 0 Å². The summed E-state index contributed by atoms with van der Waals surface area (Å²) in [4.78, 5) is 27.0. The Morgan fingerprint density at radius 2 is 1.49 bits per heavy atom. The first-order valence-corrected chi connectivity index (χ1v) is 23.5. The summed E-state index contributed by atoms with van der Waals surface area (Å²) < 4.78 is 49.1. The molecule has 3 heterocycles. The van der Waals surface area contributed by atoms with Crippen LogP contribution in [0, 0.1) is 29.1 Å². The monoisotopic (exact) mass is 933 g/mol. The van der Waals surface area contributed by atoms with Crippen molar-refractivity contribution >= 4 is 22.2 Å². The van der Waals surface area contributed by atoms with Gasteiger partial charge in [0.25, 0.3) is 0 Å². The van der Waals surface area contributed by atoms with Crippen LogP contribution in [0.15, 0.2) is 54.1 Å². The van der Waals surface area contributed by atoms with Gasteiger partial charge in [-0.25, -0.2) is 4.79 Å². The summed E-state index contributed by atoms with van der Waals surface area (Å²) in [6, 6.07) is 10.2. The van der Waals surface area contributed by atoms with Gasteiger partial charge in [0.05, 0.1) is 29.9 Å². The van der Waals surface area contributed by atoms with E-state index in [0.29, 0.717) is 55.9 Å². The average molecular weight is 934 g/mol. The van der Waals surface area contributed by atoms with Crippen LogP contribution in [0.2, 0.25) is 0 Å². The maximum atomic E-state index is 12.9. The molecule has 14 unspecified atom stereocenters. The molecule has 3 aliphatic heterocycles. The minimum Gasteiger partial charge on any atom is -0.507 e. The number of hydrogen-bond donors (Lipinski definition) is 10. The molecule has 3 saturated heterocycles. The van der Waals surface area contributed by atoms with Gasteiger partial charge in [0.15, 0.2) is 11.9 Å². The molecular weight excluding hydrogens is 871 g/mol. The Labute approximate surface area is 378 Å². The molecule has 19 heteroatoms. The lowest BCUT2D eigenvalue weighted by Gasteiger charge is -2.68. The third kappa shape index (κ3) is 7.40. The Bertz CT molecular complexity index is 2330. The summed E-state index contributed by atoms with van der Waals surface area (Å²) in [6.07, 6.45) is 2.30. The lowest BCUT2D eigenvalue weighted by atomic mass is 9.49. The lowest BCUT2D eigenvalue weighted by molar-refractivity contribution is -0.354. The molecule has 1 spiro atoms. The highest BCUT2D eigenvalue weighted by Gasteiger charge is 2.88. The van der Waals surface area contributed by atoms with Crippen molar-refractivity contribution in [2.75, 3.05) is 20.2 Å². The number of allylic oxidation sites excluding steroid dienone is 1. The zero-order chi connectivity index (χ0) is 48.1. The molecule has 65 heavy (non-hydrogen) atoms. The highest BCUT2D eigenvalue weighted by molar-refractivity contribution is 7.79. The number of ketones is 1. The number of para-hydroxylation sites is 1. The summed E-state index contributed by atoms with van der Waals surface area (Å²) in [5.41, 5.74) is -8.68. The van der Waals surface area contributed by atoms with Gasteiger partial charge in [-0.2, -0.15) is 8.42 Å². The van der Waals surface area contributed by atoms with Crippen molar-refractivity contribution in [2.24, 2.45) is 29.1 Å². The zero-order valence-corrected chi connectivity index (χ0v) is 38.2. The number of methoxy groups -OCH3 is 1. The average Bonchev–Trinajstić information content (AvgIpc) is 3.40. The van der Waals surface area contributed by atoms with E-state index in [1.165, 1.54) is 31.4 Å². The molecule has 2 aromatic rings. The highest BCUT2D eigenvalue weighted by atomic mass is 32.3. The molecule has 0 radical (unpaired) electrons. The van der Waals surface area contributed by atoms with E-state index in [0.717, 1.165) is 6.42 Å². The molecule has 4 bridgehead atoms. The second-order valence-corrected chi connectivity index (χ2v) is 20.7. The van der Waals surface area contributed by atoms with Gasteiger partial charge in [0.2, 0.25) is 5.79 Å². The number of benzene rings is 2. The quantitative estimate of drug-likeness (QED) is 0.0892. The number of rotatable bonds is 5. The molecule has 4 aliphatic carbocycles. The number of phenolic OH excluding ortho intramolecular Hbond substituents is 2. The molecule has 14 atom stereocenters. The van der Waals surface area contributed by atoms with Crippen molar-refractivity contribution in [3.63, 3.8) is 0 Å². The Hall–Kier alpha value is -3.73. The summed E-state index contributed by atoms with van der Waals surface area (Å²) in [6.45, 7) is 10.1. The van der Waals surface area contributed by atoms with Gasteiger partial charge in [0, 0.05) is 66.8 Å². The Morgan fingerprint density at radius 1 is 0.862 bits per heavy atom. The standard InChI is InChI=1S/C32H49NO9.C14H12O4.H2O4S/c1-6-18(3)25(35)41-24-11-12-26(4)19-8-9-20-28(37)13-23(34)31(39)21(29(28,38)16-30(20,26)42-32(19,24)40)15-33-14-17(2)7-10-22(33)27(31,5)36;1-18-9-6-7-11(13(16)8-9)14(17)10-4-2-3-5-12(10)15;1-5(2,3)4/h6,17,19-24,34,36-40H,7-16H2,1-5H3;2-8,15-16H,1H3;(H2,1,2,3,4). The van der Waals surface area contributed by atoms with E-state index in [9.17, 15) is 50.4 Å². The fraction of sp³-hybridized carbons (Fsp3) is 0.652. The van der Waals surface area contributed by atoms with Gasteiger partial charge in [-0.05, 0) is 89.5 Å². The second kappa shape index (κ2) is 16.5. The van der Waals surface area contributed by atoms with Gasteiger partial charge >= 0.3 is 16.4 Å². The fourth-order valence-electron chi connectivity index (χ4n) is 13.4. The van der Waals surface area contributed by atoms with Crippen LogP contribution in [0.25, 0.3) is 0 Å². The molecule has 4 saturated carbocycles. The van der Waals surface area contributed by atoms with Crippen LogP contribution in [0.5, 0.6) is 17.2 Å². The van der Waals surface area contributed by atoms with Gasteiger partial charge in [-0.1, -0.05) is 32.1 Å². The highest BCUT2D eigenvalue weighted by Crippen LogP contribution is 2.78. The number of hydrogen-bond acceptors (Lipinski definition) is 16. The topological polar surface area (TPSA) is 302 Å². The van der Waals surface area contributed by atoms with Crippen molar-refractivity contribution in [2.45, 2.75) is 138 Å². The Morgan fingerprint density at radius 3 is 2.11 bits per heavy atom. The van der Waals surface area contributed by atoms with E-state index >= 15 is 0 Å². The number of nitrogens with zero attached hydrogens (tertiary/aromatic N) is 1. The third-order valence-electron chi connectivity index (χ3n) is 16.7. The number of aromatic hydroxyl groups is 2. The molecule has 7 fully saturated rings. The smallest absolute Gasteiger partial charge is 0.394 e. The van der Waals surface area contributed by atoms with Crippen LogP contribution < -0.4 is 4.74 Å². The number of carbonyl (C=O) groups excluding carboxylic acids is 2. The SMILES string of the molecule is CC=C(C)C(=O)OC1CCC2(C)C3CCC4C5(O)CC(O)C6(O)C(CN7CC(C)CCC7C6(C)O)C5(O)CC42OC13O.COc1ccc(C(=O)c2ccccc2O)c(O)c1.O=S(=O)(O)O. The number of ether oxygens (including phenoxy) is 3. The summed E-state index contributed by atoms with van der Waals surface area (Å²) >= 11 is 0. The summed E-state index contributed by atoms with van der Waals surface area (Å²) in [5.74, 6) is -4.31. The van der Waals surface area contributed by atoms with Crippen LogP contribution in [-0.4, -0.2) is 147 Å². The molecule has 0 amide bonds. The molecule has 7 aliphatic rings. The van der Waals surface area contributed by atoms with Crippen LogP contribution in [0.4, 0.5) is 0 Å². The Kier molecular flexibility index (Phi) is 12.5. The largest absolute Gasteiger partial charge is 0.507 e. The van der Waals surface area contributed by atoms with Crippen molar-refractivity contribution in [1.29, 1.82) is 0 Å². The van der Waals surface area contributed by atoms with E-state index in [2.05, 4.69) is 11.8 Å².